The van der Waals surface area contributed by atoms with Gasteiger partial charge in [-0.1, -0.05) is 60.7 Å². The van der Waals surface area contributed by atoms with E-state index in [0.717, 1.165) is 11.1 Å². The maximum atomic E-state index is 9.53. The Kier molecular flexibility index (Phi) is 3.22. The molecule has 2 unspecified atom stereocenters. The maximum absolute atomic E-state index is 9.53. The van der Waals surface area contributed by atoms with Crippen molar-refractivity contribution < 1.29 is 0 Å². The van der Waals surface area contributed by atoms with Crippen LogP contribution in [-0.2, 0) is 4.75 Å². The standard InChI is InChI=1S/C17H12N2S/c18-11-15-16(12-19)20-17(15,13-7-3-1-4-8-13)14-9-5-2-6-10-14/h1-10,15-16H. The normalized spacial score (nSPS) is 23.1. The monoisotopic (exact) mass is 276 g/mol. The highest BCUT2D eigenvalue weighted by Gasteiger charge is 2.57. The van der Waals surface area contributed by atoms with Gasteiger partial charge in [-0.15, -0.1) is 11.8 Å². The molecular weight excluding hydrogens is 264 g/mol. The number of rotatable bonds is 2. The highest BCUT2D eigenvalue weighted by atomic mass is 32.2. The Morgan fingerprint density at radius 1 is 0.800 bits per heavy atom. The van der Waals surface area contributed by atoms with Gasteiger partial charge in [0.05, 0.1) is 22.8 Å². The molecule has 20 heavy (non-hydrogen) atoms. The van der Waals surface area contributed by atoms with Gasteiger partial charge in [0.25, 0.3) is 0 Å². The zero-order chi connectivity index (χ0) is 14.0. The summed E-state index contributed by atoms with van der Waals surface area (Å²) in [6, 6.07) is 24.6. The molecular formula is C17H12N2S. The van der Waals surface area contributed by atoms with Crippen molar-refractivity contribution >= 4 is 11.8 Å². The highest BCUT2D eigenvalue weighted by molar-refractivity contribution is 8.02. The van der Waals surface area contributed by atoms with E-state index >= 15 is 0 Å². The van der Waals surface area contributed by atoms with Crippen molar-refractivity contribution in [2.75, 3.05) is 0 Å². The number of nitrogens with zero attached hydrogens (tertiary/aromatic N) is 2. The molecule has 1 fully saturated rings. The van der Waals surface area contributed by atoms with Crippen molar-refractivity contribution in [3.63, 3.8) is 0 Å². The summed E-state index contributed by atoms with van der Waals surface area (Å²) in [5.41, 5.74) is 2.18. The van der Waals surface area contributed by atoms with Crippen molar-refractivity contribution in [1.82, 2.24) is 0 Å². The number of benzene rings is 2. The molecule has 0 radical (unpaired) electrons. The average molecular weight is 276 g/mol. The summed E-state index contributed by atoms with van der Waals surface area (Å²) in [5.74, 6) is -0.317. The van der Waals surface area contributed by atoms with E-state index in [9.17, 15) is 10.5 Å². The van der Waals surface area contributed by atoms with E-state index in [1.165, 1.54) is 0 Å². The minimum atomic E-state index is -0.419. The molecule has 3 heteroatoms. The molecule has 0 aliphatic carbocycles. The average Bonchev–Trinajstić information content (AvgIpc) is 2.50. The second-order valence-corrected chi connectivity index (χ2v) is 6.13. The molecule has 3 rings (SSSR count). The lowest BCUT2D eigenvalue weighted by atomic mass is 9.77. The van der Waals surface area contributed by atoms with Gasteiger partial charge < -0.3 is 0 Å². The van der Waals surface area contributed by atoms with Crippen molar-refractivity contribution in [2.45, 2.75) is 10.00 Å². The van der Waals surface area contributed by atoms with Crippen LogP contribution in [0.1, 0.15) is 11.1 Å². The quantitative estimate of drug-likeness (QED) is 0.840. The van der Waals surface area contributed by atoms with Crippen LogP contribution in [-0.4, -0.2) is 5.25 Å². The Morgan fingerprint density at radius 3 is 1.70 bits per heavy atom. The summed E-state index contributed by atoms with van der Waals surface area (Å²) in [6.07, 6.45) is 0. The lowest BCUT2D eigenvalue weighted by Gasteiger charge is -2.49. The first kappa shape index (κ1) is 12.8. The van der Waals surface area contributed by atoms with Gasteiger partial charge in [0.2, 0.25) is 0 Å². The predicted octanol–water partition coefficient (Wildman–Crippen LogP) is 3.71. The summed E-state index contributed by atoms with van der Waals surface area (Å²) in [7, 11) is 0. The van der Waals surface area contributed by atoms with Crippen LogP contribution in [0.15, 0.2) is 60.7 Å². The van der Waals surface area contributed by atoms with Gasteiger partial charge in [-0.05, 0) is 11.1 Å². The Balaban J connectivity index is 2.17. The van der Waals surface area contributed by atoms with Crippen molar-refractivity contribution in [3.8, 4) is 12.1 Å². The van der Waals surface area contributed by atoms with E-state index in [1.54, 1.807) is 11.8 Å². The van der Waals surface area contributed by atoms with Crippen LogP contribution in [0, 0.1) is 28.6 Å². The Bertz CT molecular complexity index is 643. The number of hydrogen-bond acceptors (Lipinski definition) is 3. The van der Waals surface area contributed by atoms with Crippen molar-refractivity contribution in [1.29, 1.82) is 10.5 Å². The SMILES string of the molecule is N#CC1SC(c2ccccc2)(c2ccccc2)C1C#N. The first-order valence-electron chi connectivity index (χ1n) is 6.41. The molecule has 2 atom stereocenters. The third-order valence-corrected chi connectivity index (χ3v) is 5.45. The molecule has 0 amide bonds. The molecule has 1 aliphatic rings. The fourth-order valence-electron chi connectivity index (χ4n) is 2.78. The molecule has 2 aromatic carbocycles. The van der Waals surface area contributed by atoms with Crippen LogP contribution in [0.25, 0.3) is 0 Å². The Hall–Kier alpha value is -2.23. The molecule has 2 aromatic rings. The zero-order valence-electron chi connectivity index (χ0n) is 10.7. The molecule has 0 bridgehead atoms. The first-order chi connectivity index (χ1) is 9.82. The number of hydrogen-bond donors (Lipinski definition) is 0. The fourth-order valence-corrected chi connectivity index (χ4v) is 4.28. The van der Waals surface area contributed by atoms with Crippen LogP contribution in [0.3, 0.4) is 0 Å². The van der Waals surface area contributed by atoms with Gasteiger partial charge in [0.15, 0.2) is 0 Å². The van der Waals surface area contributed by atoms with E-state index < -0.39 is 4.75 Å². The van der Waals surface area contributed by atoms with E-state index in [4.69, 9.17) is 0 Å². The highest BCUT2D eigenvalue weighted by Crippen LogP contribution is 2.61. The molecule has 2 nitrogen and oxygen atoms in total. The summed E-state index contributed by atoms with van der Waals surface area (Å²) in [4.78, 5) is 0. The largest absolute Gasteiger partial charge is 0.198 e. The minimum absolute atomic E-state index is 0.264. The lowest BCUT2D eigenvalue weighted by molar-refractivity contribution is 0.504. The van der Waals surface area contributed by atoms with Gasteiger partial charge in [0, 0.05) is 0 Å². The summed E-state index contributed by atoms with van der Waals surface area (Å²) < 4.78 is -0.419. The number of thioether (sulfide) groups is 1. The Morgan fingerprint density at radius 2 is 1.30 bits per heavy atom. The number of nitriles is 2. The summed E-state index contributed by atoms with van der Waals surface area (Å²) in [6.45, 7) is 0. The molecule has 0 spiro atoms. The lowest BCUT2D eigenvalue weighted by Crippen LogP contribution is -2.49. The van der Waals surface area contributed by atoms with Crippen LogP contribution >= 0.6 is 11.8 Å². The molecule has 0 aromatic heterocycles. The minimum Gasteiger partial charge on any atom is -0.198 e. The molecule has 1 aliphatic heterocycles. The van der Waals surface area contributed by atoms with Gasteiger partial charge in [-0.25, -0.2) is 0 Å². The third kappa shape index (κ3) is 1.72. The predicted molar refractivity (Wildman–Crippen MR) is 79.8 cm³/mol. The van der Waals surface area contributed by atoms with Crippen LogP contribution in [0.4, 0.5) is 0 Å². The van der Waals surface area contributed by atoms with E-state index in [-0.39, 0.29) is 11.2 Å². The van der Waals surface area contributed by atoms with Crippen molar-refractivity contribution in [2.24, 2.45) is 5.92 Å². The molecule has 0 N–H and O–H groups in total. The maximum Gasteiger partial charge on any atom is 0.111 e. The molecule has 0 saturated carbocycles. The molecule has 96 valence electrons. The van der Waals surface area contributed by atoms with Gasteiger partial charge in [-0.3, -0.25) is 0 Å². The smallest absolute Gasteiger partial charge is 0.111 e. The van der Waals surface area contributed by atoms with Gasteiger partial charge in [-0.2, -0.15) is 10.5 Å². The first-order valence-corrected chi connectivity index (χ1v) is 7.29. The third-order valence-electron chi connectivity index (χ3n) is 3.73. The van der Waals surface area contributed by atoms with Gasteiger partial charge in [0.1, 0.15) is 5.25 Å². The molecule has 1 saturated heterocycles. The fraction of sp³-hybridized carbons (Fsp3) is 0.176. The Labute approximate surface area is 122 Å². The second kappa shape index (κ2) is 5.04. The van der Waals surface area contributed by atoms with Crippen molar-refractivity contribution in [3.05, 3.63) is 71.8 Å². The zero-order valence-corrected chi connectivity index (χ0v) is 11.5. The summed E-state index contributed by atoms with van der Waals surface area (Å²) in [5, 5.41) is 18.5. The van der Waals surface area contributed by atoms with Crippen LogP contribution in [0.2, 0.25) is 0 Å². The summed E-state index contributed by atoms with van der Waals surface area (Å²) >= 11 is 1.58. The van der Waals surface area contributed by atoms with E-state index in [0.29, 0.717) is 0 Å². The molecule has 1 heterocycles. The second-order valence-electron chi connectivity index (χ2n) is 4.74. The van der Waals surface area contributed by atoms with Crippen LogP contribution in [0.5, 0.6) is 0 Å². The topological polar surface area (TPSA) is 47.6 Å². The van der Waals surface area contributed by atoms with E-state index in [1.807, 2.05) is 60.7 Å². The van der Waals surface area contributed by atoms with Gasteiger partial charge >= 0.3 is 0 Å². The van der Waals surface area contributed by atoms with E-state index in [2.05, 4.69) is 12.1 Å². The van der Waals surface area contributed by atoms with Crippen LogP contribution < -0.4 is 0 Å².